The number of benzene rings is 3. The molecule has 0 aliphatic heterocycles. The molecule has 6 nitrogen and oxygen atoms in total. The van der Waals surface area contributed by atoms with Crippen LogP contribution in [0, 0.1) is 0 Å². The average molecular weight is 404 g/mol. The number of hydrogen-bond donors (Lipinski definition) is 0. The average Bonchev–Trinajstić information content (AvgIpc) is 2.81. The van der Waals surface area contributed by atoms with E-state index in [1.54, 1.807) is 40.9 Å². The number of ether oxygens (including phenoxy) is 4. The molecule has 0 saturated carbocycles. The van der Waals surface area contributed by atoms with E-state index in [0.29, 0.717) is 23.0 Å². The first-order chi connectivity index (χ1) is 14.7. The zero-order valence-electron chi connectivity index (χ0n) is 17.5. The Kier molecular flexibility index (Phi) is 7.05. The highest BCUT2D eigenvalue weighted by Gasteiger charge is 2.04. The van der Waals surface area contributed by atoms with Crippen LogP contribution in [0.3, 0.4) is 0 Å². The first-order valence-electron chi connectivity index (χ1n) is 9.29. The second-order valence-electron chi connectivity index (χ2n) is 6.26. The van der Waals surface area contributed by atoms with Gasteiger partial charge in [-0.25, -0.2) is 0 Å². The summed E-state index contributed by atoms with van der Waals surface area (Å²) in [6.07, 6.45) is 3.56. The maximum Gasteiger partial charge on any atom is 0.161 e. The minimum absolute atomic E-state index is 0.668. The summed E-state index contributed by atoms with van der Waals surface area (Å²) in [5.74, 6) is 2.71. The van der Waals surface area contributed by atoms with Crippen LogP contribution in [0.5, 0.6) is 23.0 Å². The summed E-state index contributed by atoms with van der Waals surface area (Å²) in [6.45, 7) is 0. The lowest BCUT2D eigenvalue weighted by molar-refractivity contribution is 0.355. The summed E-state index contributed by atoms with van der Waals surface area (Å²) >= 11 is 0. The van der Waals surface area contributed by atoms with Crippen LogP contribution in [0.15, 0.2) is 70.6 Å². The Labute approximate surface area is 176 Å². The number of aliphatic imine (C=N–C) groups is 2. The van der Waals surface area contributed by atoms with Gasteiger partial charge in [0.05, 0.1) is 39.8 Å². The molecule has 0 radical (unpaired) electrons. The van der Waals surface area contributed by atoms with Gasteiger partial charge in [0, 0.05) is 12.4 Å². The van der Waals surface area contributed by atoms with Gasteiger partial charge < -0.3 is 18.9 Å². The van der Waals surface area contributed by atoms with E-state index in [1.165, 1.54) is 0 Å². The summed E-state index contributed by atoms with van der Waals surface area (Å²) in [5.41, 5.74) is 3.50. The lowest BCUT2D eigenvalue weighted by Crippen LogP contribution is -1.92. The van der Waals surface area contributed by atoms with Crippen molar-refractivity contribution < 1.29 is 18.9 Å². The maximum atomic E-state index is 5.32. The van der Waals surface area contributed by atoms with Crippen molar-refractivity contribution in [3.8, 4) is 23.0 Å². The first kappa shape index (κ1) is 20.9. The summed E-state index contributed by atoms with van der Waals surface area (Å²) in [6, 6.07) is 19.0. The molecule has 0 bridgehead atoms. The second kappa shape index (κ2) is 10.1. The molecule has 6 heteroatoms. The van der Waals surface area contributed by atoms with Crippen LogP contribution in [0.1, 0.15) is 11.1 Å². The second-order valence-corrected chi connectivity index (χ2v) is 6.26. The quantitative estimate of drug-likeness (QED) is 0.483. The van der Waals surface area contributed by atoms with Crippen LogP contribution in [0.2, 0.25) is 0 Å². The Morgan fingerprint density at radius 3 is 1.20 bits per heavy atom. The summed E-state index contributed by atoms with van der Waals surface area (Å²) in [4.78, 5) is 9.01. The lowest BCUT2D eigenvalue weighted by atomic mass is 10.2. The molecule has 0 heterocycles. The van der Waals surface area contributed by atoms with Gasteiger partial charge in [-0.05, 0) is 71.8 Å². The van der Waals surface area contributed by atoms with Crippen LogP contribution < -0.4 is 18.9 Å². The van der Waals surface area contributed by atoms with E-state index < -0.39 is 0 Å². The molecule has 0 spiro atoms. The first-order valence-corrected chi connectivity index (χ1v) is 9.29. The SMILES string of the molecule is COc1ccc(C=Nc2ccc(N=Cc3ccc(OC)c(OC)c3)cc2)cc1OC. The molecule has 0 N–H and O–H groups in total. The fourth-order valence-corrected chi connectivity index (χ4v) is 2.79. The zero-order chi connectivity index (χ0) is 21.3. The van der Waals surface area contributed by atoms with E-state index in [1.807, 2.05) is 60.7 Å². The molecule has 0 amide bonds. The minimum Gasteiger partial charge on any atom is -0.493 e. The Bertz CT molecular complexity index is 959. The number of rotatable bonds is 8. The molecule has 0 aliphatic rings. The van der Waals surface area contributed by atoms with E-state index in [-0.39, 0.29) is 0 Å². The lowest BCUT2D eigenvalue weighted by Gasteiger charge is -2.07. The highest BCUT2D eigenvalue weighted by molar-refractivity contribution is 5.84. The maximum absolute atomic E-state index is 5.32. The standard InChI is InChI=1S/C24H24N2O4/c1-27-21-11-5-17(13-23(21)29-3)15-25-19-7-9-20(10-8-19)26-16-18-6-12-22(28-2)24(14-18)30-4/h5-16H,1-4H3. The van der Waals surface area contributed by atoms with E-state index in [4.69, 9.17) is 18.9 Å². The zero-order valence-corrected chi connectivity index (χ0v) is 17.5. The van der Waals surface area contributed by atoms with Gasteiger partial charge >= 0.3 is 0 Å². The predicted octanol–water partition coefficient (Wildman–Crippen LogP) is 5.22. The molecule has 3 rings (SSSR count). The monoisotopic (exact) mass is 404 g/mol. The normalized spacial score (nSPS) is 11.1. The van der Waals surface area contributed by atoms with Gasteiger partial charge in [0.2, 0.25) is 0 Å². The summed E-state index contributed by atoms with van der Waals surface area (Å²) in [5, 5.41) is 0. The van der Waals surface area contributed by atoms with E-state index in [2.05, 4.69) is 9.98 Å². The molecular formula is C24H24N2O4. The van der Waals surface area contributed by atoms with Crippen molar-refractivity contribution in [2.45, 2.75) is 0 Å². The van der Waals surface area contributed by atoms with Crippen LogP contribution in [0.25, 0.3) is 0 Å². The van der Waals surface area contributed by atoms with Crippen molar-refractivity contribution >= 4 is 23.8 Å². The molecule has 30 heavy (non-hydrogen) atoms. The van der Waals surface area contributed by atoms with Gasteiger partial charge in [0.1, 0.15) is 0 Å². The topological polar surface area (TPSA) is 61.6 Å². The van der Waals surface area contributed by atoms with Crippen LogP contribution in [0.4, 0.5) is 11.4 Å². The van der Waals surface area contributed by atoms with Gasteiger partial charge in [-0.2, -0.15) is 0 Å². The smallest absolute Gasteiger partial charge is 0.161 e. The summed E-state index contributed by atoms with van der Waals surface area (Å²) < 4.78 is 21.1. The molecule has 3 aromatic rings. The summed E-state index contributed by atoms with van der Waals surface area (Å²) in [7, 11) is 6.45. The molecule has 0 saturated heterocycles. The predicted molar refractivity (Wildman–Crippen MR) is 120 cm³/mol. The highest BCUT2D eigenvalue weighted by Crippen LogP contribution is 2.28. The molecule has 0 aromatic heterocycles. The molecule has 0 fully saturated rings. The van der Waals surface area contributed by atoms with Crippen LogP contribution >= 0.6 is 0 Å². The minimum atomic E-state index is 0.668. The van der Waals surface area contributed by atoms with Crippen LogP contribution in [-0.2, 0) is 0 Å². The van der Waals surface area contributed by atoms with Gasteiger partial charge in [0.15, 0.2) is 23.0 Å². The molecule has 154 valence electrons. The van der Waals surface area contributed by atoms with Crippen molar-refractivity contribution in [1.82, 2.24) is 0 Å². The third kappa shape index (κ3) is 5.17. The highest BCUT2D eigenvalue weighted by atomic mass is 16.5. The van der Waals surface area contributed by atoms with Crippen molar-refractivity contribution in [2.75, 3.05) is 28.4 Å². The van der Waals surface area contributed by atoms with Gasteiger partial charge in [-0.15, -0.1) is 0 Å². The van der Waals surface area contributed by atoms with Crippen molar-refractivity contribution in [1.29, 1.82) is 0 Å². The Hall–Kier alpha value is -3.80. The number of methoxy groups -OCH3 is 4. The molecule has 0 aliphatic carbocycles. The Morgan fingerprint density at radius 1 is 0.500 bits per heavy atom. The van der Waals surface area contributed by atoms with Crippen molar-refractivity contribution in [2.24, 2.45) is 9.98 Å². The Balaban J connectivity index is 1.69. The van der Waals surface area contributed by atoms with Crippen LogP contribution in [-0.4, -0.2) is 40.9 Å². The van der Waals surface area contributed by atoms with Crippen molar-refractivity contribution in [3.63, 3.8) is 0 Å². The number of nitrogens with zero attached hydrogens (tertiary/aromatic N) is 2. The number of hydrogen-bond acceptors (Lipinski definition) is 6. The van der Waals surface area contributed by atoms with E-state index in [9.17, 15) is 0 Å². The Morgan fingerprint density at radius 2 is 0.867 bits per heavy atom. The fourth-order valence-electron chi connectivity index (χ4n) is 2.79. The van der Waals surface area contributed by atoms with Crippen molar-refractivity contribution in [3.05, 3.63) is 71.8 Å². The molecule has 0 unspecified atom stereocenters. The van der Waals surface area contributed by atoms with Gasteiger partial charge in [0.25, 0.3) is 0 Å². The molecular weight excluding hydrogens is 380 g/mol. The largest absolute Gasteiger partial charge is 0.493 e. The van der Waals surface area contributed by atoms with E-state index >= 15 is 0 Å². The van der Waals surface area contributed by atoms with E-state index in [0.717, 1.165) is 22.5 Å². The third-order valence-corrected chi connectivity index (χ3v) is 4.39. The molecule has 0 atom stereocenters. The van der Waals surface area contributed by atoms with Gasteiger partial charge in [-0.1, -0.05) is 0 Å². The van der Waals surface area contributed by atoms with Gasteiger partial charge in [-0.3, -0.25) is 9.98 Å². The fraction of sp³-hybridized carbons (Fsp3) is 0.167. The third-order valence-electron chi connectivity index (χ3n) is 4.39. The molecule has 3 aromatic carbocycles.